The fraction of sp³-hybridized carbons (Fsp3) is 0.161. The molecule has 3 aromatic carbocycles. The van der Waals surface area contributed by atoms with Gasteiger partial charge in [0.1, 0.15) is 13.2 Å². The van der Waals surface area contributed by atoms with E-state index in [4.69, 9.17) is 19.7 Å². The number of amides is 1. The lowest BCUT2D eigenvalue weighted by molar-refractivity contribution is 0.102. The van der Waals surface area contributed by atoms with Gasteiger partial charge in [-0.1, -0.05) is 30.3 Å². The molecule has 0 saturated carbocycles. The highest BCUT2D eigenvalue weighted by molar-refractivity contribution is 6.13. The monoisotopic (exact) mass is 515 g/mol. The van der Waals surface area contributed by atoms with Crippen LogP contribution in [0.25, 0.3) is 22.2 Å². The first-order valence-electron chi connectivity index (χ1n) is 12.6. The van der Waals surface area contributed by atoms with Gasteiger partial charge >= 0.3 is 0 Å². The van der Waals surface area contributed by atoms with E-state index in [-0.39, 0.29) is 5.91 Å². The minimum absolute atomic E-state index is 0.239. The van der Waals surface area contributed by atoms with Crippen molar-refractivity contribution >= 4 is 22.5 Å². The lowest BCUT2D eigenvalue weighted by atomic mass is 10.0. The lowest BCUT2D eigenvalue weighted by Gasteiger charge is -2.19. The van der Waals surface area contributed by atoms with Crippen LogP contribution in [-0.4, -0.2) is 33.9 Å². The van der Waals surface area contributed by atoms with Crippen LogP contribution in [0, 0.1) is 25.2 Å². The number of aromatic nitrogens is 3. The highest BCUT2D eigenvalue weighted by Crippen LogP contribution is 2.35. The molecule has 1 amide bonds. The summed E-state index contributed by atoms with van der Waals surface area (Å²) >= 11 is 0. The van der Waals surface area contributed by atoms with Crippen molar-refractivity contribution in [2.45, 2.75) is 20.4 Å². The quantitative estimate of drug-likeness (QED) is 0.324. The number of carbonyl (C=O) groups excluding carboxylic acids is 1. The Morgan fingerprint density at radius 1 is 1.00 bits per heavy atom. The van der Waals surface area contributed by atoms with Crippen LogP contribution in [0.5, 0.6) is 11.5 Å². The van der Waals surface area contributed by atoms with Crippen LogP contribution in [0.3, 0.4) is 0 Å². The number of anilines is 1. The number of ether oxygens (including phenoxy) is 2. The zero-order valence-electron chi connectivity index (χ0n) is 21.6. The molecule has 1 N–H and O–H groups in total. The van der Waals surface area contributed by atoms with Gasteiger partial charge in [-0.3, -0.25) is 9.48 Å². The molecule has 0 radical (unpaired) electrons. The average Bonchev–Trinajstić information content (AvgIpc) is 3.23. The Balaban J connectivity index is 1.33. The van der Waals surface area contributed by atoms with Gasteiger partial charge in [-0.2, -0.15) is 10.4 Å². The fourth-order valence-electron chi connectivity index (χ4n) is 4.78. The number of pyridine rings is 1. The van der Waals surface area contributed by atoms with Gasteiger partial charge in [0.05, 0.1) is 52.0 Å². The Hall–Kier alpha value is -5.16. The zero-order chi connectivity index (χ0) is 26.9. The molecular formula is C31H25N5O3. The second kappa shape index (κ2) is 9.95. The summed E-state index contributed by atoms with van der Waals surface area (Å²) in [7, 11) is 0. The van der Waals surface area contributed by atoms with E-state index in [1.54, 1.807) is 12.1 Å². The third kappa shape index (κ3) is 4.66. The van der Waals surface area contributed by atoms with Crippen LogP contribution < -0.4 is 14.8 Å². The van der Waals surface area contributed by atoms with Crippen molar-refractivity contribution in [1.82, 2.24) is 14.8 Å². The minimum Gasteiger partial charge on any atom is -0.486 e. The standard InChI is InChI=1S/C31H25N5O3/c1-19-30(20(2)36(35-19)18-22-9-7-21(17-32)8-10-22)34-31(37)25-16-27(33-26-6-4-3-5-24(25)26)23-11-12-28-29(15-23)39-14-13-38-28/h3-12,15-16H,13-14,18H2,1-2H3,(H,34,37). The molecule has 3 heterocycles. The second-order valence-electron chi connectivity index (χ2n) is 9.40. The molecule has 1 aliphatic rings. The van der Waals surface area contributed by atoms with Gasteiger partial charge in [0.2, 0.25) is 0 Å². The Morgan fingerprint density at radius 3 is 2.56 bits per heavy atom. The normalized spacial score (nSPS) is 12.2. The average molecular weight is 516 g/mol. The third-order valence-corrected chi connectivity index (χ3v) is 6.83. The van der Waals surface area contributed by atoms with Crippen molar-refractivity contribution in [1.29, 1.82) is 5.26 Å². The molecule has 0 bridgehead atoms. The Morgan fingerprint density at radius 2 is 1.77 bits per heavy atom. The molecule has 192 valence electrons. The van der Waals surface area contributed by atoms with Crippen LogP contribution >= 0.6 is 0 Å². The van der Waals surface area contributed by atoms with Crippen molar-refractivity contribution in [3.63, 3.8) is 0 Å². The lowest BCUT2D eigenvalue weighted by Crippen LogP contribution is -2.15. The summed E-state index contributed by atoms with van der Waals surface area (Å²) in [6, 6.07) is 24.7. The van der Waals surface area contributed by atoms with Crippen LogP contribution in [0.15, 0.2) is 72.8 Å². The highest BCUT2D eigenvalue weighted by atomic mass is 16.6. The SMILES string of the molecule is Cc1nn(Cc2ccc(C#N)cc2)c(C)c1NC(=O)c1cc(-c2ccc3c(c2)OCCO3)nc2ccccc12. The van der Waals surface area contributed by atoms with Crippen molar-refractivity contribution in [2.75, 3.05) is 18.5 Å². The van der Waals surface area contributed by atoms with Gasteiger partial charge in [-0.25, -0.2) is 4.98 Å². The maximum absolute atomic E-state index is 13.7. The maximum Gasteiger partial charge on any atom is 0.256 e. The van der Waals surface area contributed by atoms with E-state index in [0.29, 0.717) is 53.8 Å². The Kier molecular flexibility index (Phi) is 6.17. The van der Waals surface area contributed by atoms with Gasteiger partial charge in [0.15, 0.2) is 11.5 Å². The molecule has 8 nitrogen and oxygen atoms in total. The molecule has 2 aromatic heterocycles. The molecular weight excluding hydrogens is 490 g/mol. The molecule has 0 aliphatic carbocycles. The zero-order valence-corrected chi connectivity index (χ0v) is 21.6. The number of para-hydroxylation sites is 1. The van der Waals surface area contributed by atoms with E-state index in [0.717, 1.165) is 33.4 Å². The number of nitriles is 1. The first kappa shape index (κ1) is 24.2. The van der Waals surface area contributed by atoms with E-state index in [9.17, 15) is 4.79 Å². The smallest absolute Gasteiger partial charge is 0.256 e. The molecule has 0 spiro atoms. The van der Waals surface area contributed by atoms with Crippen molar-refractivity contribution < 1.29 is 14.3 Å². The summed E-state index contributed by atoms with van der Waals surface area (Å²) in [5, 5.41) is 17.6. The molecule has 0 fully saturated rings. The largest absolute Gasteiger partial charge is 0.486 e. The number of carbonyl (C=O) groups is 1. The maximum atomic E-state index is 13.7. The first-order valence-corrected chi connectivity index (χ1v) is 12.6. The second-order valence-corrected chi connectivity index (χ2v) is 9.40. The van der Waals surface area contributed by atoms with E-state index < -0.39 is 0 Å². The minimum atomic E-state index is -0.239. The predicted octanol–water partition coefficient (Wildman–Crippen LogP) is 5.66. The van der Waals surface area contributed by atoms with Crippen LogP contribution in [-0.2, 0) is 6.54 Å². The number of benzene rings is 3. The van der Waals surface area contributed by atoms with Crippen molar-refractivity contribution in [2.24, 2.45) is 0 Å². The molecule has 39 heavy (non-hydrogen) atoms. The van der Waals surface area contributed by atoms with E-state index in [1.807, 2.05) is 79.2 Å². The number of hydrogen-bond acceptors (Lipinski definition) is 6. The number of fused-ring (bicyclic) bond motifs is 2. The van der Waals surface area contributed by atoms with Gasteiger partial charge in [-0.05, 0) is 61.9 Å². The molecule has 5 aromatic rings. The summed E-state index contributed by atoms with van der Waals surface area (Å²) in [5.41, 5.74) is 6.61. The molecule has 0 saturated heterocycles. The summed E-state index contributed by atoms with van der Waals surface area (Å²) in [4.78, 5) is 18.6. The Labute approximate surface area is 225 Å². The van der Waals surface area contributed by atoms with Gasteiger partial charge < -0.3 is 14.8 Å². The van der Waals surface area contributed by atoms with Gasteiger partial charge in [-0.15, -0.1) is 0 Å². The topological polar surface area (TPSA) is 102 Å². The summed E-state index contributed by atoms with van der Waals surface area (Å²) < 4.78 is 13.3. The van der Waals surface area contributed by atoms with Crippen molar-refractivity contribution in [3.05, 3.63) is 101 Å². The van der Waals surface area contributed by atoms with Crippen molar-refractivity contribution in [3.8, 4) is 28.8 Å². The number of hydrogen-bond donors (Lipinski definition) is 1. The van der Waals surface area contributed by atoms with Crippen LogP contribution in [0.4, 0.5) is 5.69 Å². The van der Waals surface area contributed by atoms with E-state index in [2.05, 4.69) is 16.5 Å². The summed E-state index contributed by atoms with van der Waals surface area (Å²) in [6.45, 7) is 5.36. The van der Waals surface area contributed by atoms with E-state index >= 15 is 0 Å². The number of nitrogens with zero attached hydrogens (tertiary/aromatic N) is 4. The van der Waals surface area contributed by atoms with Crippen LogP contribution in [0.2, 0.25) is 0 Å². The molecule has 0 atom stereocenters. The number of aryl methyl sites for hydroxylation is 1. The first-order chi connectivity index (χ1) is 19.0. The van der Waals surface area contributed by atoms with Gasteiger partial charge in [0.25, 0.3) is 5.91 Å². The predicted molar refractivity (Wildman–Crippen MR) is 148 cm³/mol. The number of nitrogens with one attached hydrogen (secondary N) is 1. The summed E-state index contributed by atoms with van der Waals surface area (Å²) in [5.74, 6) is 1.13. The summed E-state index contributed by atoms with van der Waals surface area (Å²) in [6.07, 6.45) is 0. The fourth-order valence-corrected chi connectivity index (χ4v) is 4.78. The van der Waals surface area contributed by atoms with Crippen LogP contribution in [0.1, 0.15) is 32.9 Å². The molecule has 1 aliphatic heterocycles. The third-order valence-electron chi connectivity index (χ3n) is 6.83. The highest BCUT2D eigenvalue weighted by Gasteiger charge is 2.20. The van der Waals surface area contributed by atoms with E-state index in [1.165, 1.54) is 0 Å². The van der Waals surface area contributed by atoms with Gasteiger partial charge in [0, 0.05) is 10.9 Å². The molecule has 0 unspecified atom stereocenters. The number of rotatable bonds is 5. The molecule has 6 rings (SSSR count). The molecule has 8 heteroatoms. The Bertz CT molecular complexity index is 1770.